The summed E-state index contributed by atoms with van der Waals surface area (Å²) in [5.74, 6) is -0.175. The highest BCUT2D eigenvalue weighted by atomic mass is 32.1. The Kier molecular flexibility index (Phi) is 6.21. The zero-order chi connectivity index (χ0) is 13.4. The van der Waals surface area contributed by atoms with Crippen molar-refractivity contribution >= 4 is 23.3 Å². The largest absolute Gasteiger partial charge is 0.355 e. The number of carbonyl (C=O) groups is 2. The van der Waals surface area contributed by atoms with E-state index < -0.39 is 6.04 Å². The topological polar surface area (TPSA) is 70.2 Å². The molecule has 0 bridgehead atoms. The molecular weight excluding hydrogens is 250 g/mol. The van der Waals surface area contributed by atoms with Crippen LogP contribution in [0.25, 0.3) is 0 Å². The van der Waals surface area contributed by atoms with Gasteiger partial charge in [0.25, 0.3) is 0 Å². The minimum absolute atomic E-state index is 0.175. The van der Waals surface area contributed by atoms with Crippen molar-refractivity contribution < 1.29 is 9.59 Å². The standard InChI is InChI=1S/C12H19N3O2S/c1-3-13-11(16)9(2)15-12(17)14-7-6-10-5-4-8-18-10/h4-5,8-9H,3,6-7H2,1-2H3,(H,13,16)(H2,14,15,17)/t9-/m1/s1. The first-order chi connectivity index (χ1) is 8.63. The average molecular weight is 269 g/mol. The van der Waals surface area contributed by atoms with Crippen molar-refractivity contribution in [1.29, 1.82) is 0 Å². The zero-order valence-electron chi connectivity index (χ0n) is 10.7. The van der Waals surface area contributed by atoms with Crippen molar-refractivity contribution in [1.82, 2.24) is 16.0 Å². The van der Waals surface area contributed by atoms with Gasteiger partial charge in [0.2, 0.25) is 5.91 Å². The van der Waals surface area contributed by atoms with Crippen molar-refractivity contribution in [3.05, 3.63) is 22.4 Å². The molecule has 6 heteroatoms. The van der Waals surface area contributed by atoms with E-state index in [9.17, 15) is 9.59 Å². The van der Waals surface area contributed by atoms with Crippen molar-refractivity contribution in [2.45, 2.75) is 26.3 Å². The molecule has 0 saturated carbocycles. The molecule has 3 N–H and O–H groups in total. The van der Waals surface area contributed by atoms with Crippen LogP contribution in [0.1, 0.15) is 18.7 Å². The third-order valence-electron chi connectivity index (χ3n) is 2.33. The number of rotatable bonds is 6. The van der Waals surface area contributed by atoms with Crippen LogP contribution in [0.3, 0.4) is 0 Å². The molecule has 0 aromatic carbocycles. The summed E-state index contributed by atoms with van der Waals surface area (Å²) >= 11 is 1.66. The summed E-state index contributed by atoms with van der Waals surface area (Å²) in [6.45, 7) is 4.62. The van der Waals surface area contributed by atoms with E-state index in [1.165, 1.54) is 4.88 Å². The Morgan fingerprint density at radius 1 is 1.39 bits per heavy atom. The summed E-state index contributed by atoms with van der Waals surface area (Å²) in [5, 5.41) is 9.97. The number of hydrogen-bond donors (Lipinski definition) is 3. The summed E-state index contributed by atoms with van der Waals surface area (Å²) < 4.78 is 0. The summed E-state index contributed by atoms with van der Waals surface area (Å²) in [7, 11) is 0. The average Bonchev–Trinajstić information content (AvgIpc) is 2.82. The molecule has 0 spiro atoms. The Hall–Kier alpha value is -1.56. The molecule has 1 atom stereocenters. The van der Waals surface area contributed by atoms with E-state index in [1.54, 1.807) is 18.3 Å². The normalized spacial score (nSPS) is 11.7. The lowest BCUT2D eigenvalue weighted by Crippen LogP contribution is -2.48. The van der Waals surface area contributed by atoms with E-state index in [2.05, 4.69) is 16.0 Å². The number of amides is 3. The first-order valence-electron chi connectivity index (χ1n) is 5.98. The van der Waals surface area contributed by atoms with Gasteiger partial charge in [-0.1, -0.05) is 6.07 Å². The number of likely N-dealkylation sites (N-methyl/N-ethyl adjacent to an activating group) is 1. The van der Waals surface area contributed by atoms with Crippen LogP contribution in [0, 0.1) is 0 Å². The Labute approximate surface area is 111 Å². The van der Waals surface area contributed by atoms with Crippen LogP contribution in [0.15, 0.2) is 17.5 Å². The minimum Gasteiger partial charge on any atom is -0.355 e. The quantitative estimate of drug-likeness (QED) is 0.724. The van der Waals surface area contributed by atoms with E-state index >= 15 is 0 Å². The lowest BCUT2D eigenvalue weighted by molar-refractivity contribution is -0.122. The monoisotopic (exact) mass is 269 g/mol. The maximum Gasteiger partial charge on any atom is 0.315 e. The molecule has 0 unspecified atom stereocenters. The van der Waals surface area contributed by atoms with Crippen LogP contribution in [0.2, 0.25) is 0 Å². The lowest BCUT2D eigenvalue weighted by Gasteiger charge is -2.13. The minimum atomic E-state index is -0.522. The maximum absolute atomic E-state index is 11.5. The Morgan fingerprint density at radius 3 is 2.78 bits per heavy atom. The second kappa shape index (κ2) is 7.71. The molecule has 0 saturated heterocycles. The number of urea groups is 1. The van der Waals surface area contributed by atoms with Gasteiger partial charge in [0.1, 0.15) is 6.04 Å². The molecule has 1 heterocycles. The van der Waals surface area contributed by atoms with E-state index in [0.29, 0.717) is 13.1 Å². The van der Waals surface area contributed by atoms with Gasteiger partial charge in [-0.25, -0.2) is 4.79 Å². The molecule has 5 nitrogen and oxygen atoms in total. The first-order valence-corrected chi connectivity index (χ1v) is 6.86. The number of thiophene rings is 1. The van der Waals surface area contributed by atoms with Crippen LogP contribution in [-0.4, -0.2) is 31.1 Å². The van der Waals surface area contributed by atoms with E-state index in [0.717, 1.165) is 6.42 Å². The smallest absolute Gasteiger partial charge is 0.315 e. The number of hydrogen-bond acceptors (Lipinski definition) is 3. The molecule has 0 aliphatic rings. The van der Waals surface area contributed by atoms with Crippen LogP contribution in [0.5, 0.6) is 0 Å². The maximum atomic E-state index is 11.5. The molecule has 3 amide bonds. The molecule has 0 radical (unpaired) electrons. The summed E-state index contributed by atoms with van der Waals surface area (Å²) in [6.07, 6.45) is 0.806. The second-order valence-corrected chi connectivity index (χ2v) is 4.88. The lowest BCUT2D eigenvalue weighted by atomic mass is 10.3. The molecule has 100 valence electrons. The Bertz CT molecular complexity index is 379. The fourth-order valence-corrected chi connectivity index (χ4v) is 2.10. The molecular formula is C12H19N3O2S. The van der Waals surface area contributed by atoms with Crippen LogP contribution >= 0.6 is 11.3 Å². The van der Waals surface area contributed by atoms with Gasteiger partial charge in [0.15, 0.2) is 0 Å². The van der Waals surface area contributed by atoms with Gasteiger partial charge < -0.3 is 16.0 Å². The first kappa shape index (κ1) is 14.5. The summed E-state index contributed by atoms with van der Waals surface area (Å²) in [5.41, 5.74) is 0. The predicted molar refractivity (Wildman–Crippen MR) is 72.7 cm³/mol. The van der Waals surface area contributed by atoms with E-state index in [-0.39, 0.29) is 11.9 Å². The molecule has 1 aromatic heterocycles. The fraction of sp³-hybridized carbons (Fsp3) is 0.500. The van der Waals surface area contributed by atoms with Crippen LogP contribution in [-0.2, 0) is 11.2 Å². The van der Waals surface area contributed by atoms with Gasteiger partial charge in [-0.2, -0.15) is 0 Å². The van der Waals surface area contributed by atoms with Gasteiger partial charge in [0, 0.05) is 18.0 Å². The summed E-state index contributed by atoms with van der Waals surface area (Å²) in [6, 6.07) is 3.18. The third-order valence-corrected chi connectivity index (χ3v) is 3.27. The van der Waals surface area contributed by atoms with Crippen molar-refractivity contribution in [2.24, 2.45) is 0 Å². The molecule has 1 aromatic rings. The molecule has 0 fully saturated rings. The molecule has 0 aliphatic carbocycles. The third kappa shape index (κ3) is 5.18. The molecule has 1 rings (SSSR count). The number of nitrogens with one attached hydrogen (secondary N) is 3. The Morgan fingerprint density at radius 2 is 2.17 bits per heavy atom. The number of carbonyl (C=O) groups excluding carboxylic acids is 2. The molecule has 18 heavy (non-hydrogen) atoms. The van der Waals surface area contributed by atoms with Gasteiger partial charge in [-0.05, 0) is 31.7 Å². The highest BCUT2D eigenvalue weighted by Gasteiger charge is 2.13. The summed E-state index contributed by atoms with van der Waals surface area (Å²) in [4.78, 5) is 24.1. The van der Waals surface area contributed by atoms with Gasteiger partial charge in [-0.15, -0.1) is 11.3 Å². The van der Waals surface area contributed by atoms with Gasteiger partial charge in [-0.3, -0.25) is 4.79 Å². The zero-order valence-corrected chi connectivity index (χ0v) is 11.5. The highest BCUT2D eigenvalue weighted by Crippen LogP contribution is 2.07. The van der Waals surface area contributed by atoms with Crippen molar-refractivity contribution in [2.75, 3.05) is 13.1 Å². The van der Waals surface area contributed by atoms with Crippen LogP contribution < -0.4 is 16.0 Å². The van der Waals surface area contributed by atoms with Gasteiger partial charge >= 0.3 is 6.03 Å². The molecule has 0 aliphatic heterocycles. The predicted octanol–water partition coefficient (Wildman–Crippen LogP) is 1.11. The SMILES string of the molecule is CCNC(=O)[C@@H](C)NC(=O)NCCc1cccs1. The van der Waals surface area contributed by atoms with Gasteiger partial charge in [0.05, 0.1) is 0 Å². The highest BCUT2D eigenvalue weighted by molar-refractivity contribution is 7.09. The second-order valence-electron chi connectivity index (χ2n) is 3.85. The Balaban J connectivity index is 2.19. The van der Waals surface area contributed by atoms with Crippen molar-refractivity contribution in [3.8, 4) is 0 Å². The van der Waals surface area contributed by atoms with E-state index in [1.807, 2.05) is 24.4 Å². The van der Waals surface area contributed by atoms with E-state index in [4.69, 9.17) is 0 Å². The van der Waals surface area contributed by atoms with Crippen LogP contribution in [0.4, 0.5) is 4.79 Å². The van der Waals surface area contributed by atoms with Crippen molar-refractivity contribution in [3.63, 3.8) is 0 Å². The fourth-order valence-electron chi connectivity index (χ4n) is 1.39.